The number of fused-ring (bicyclic) bond motifs is 3. The van der Waals surface area contributed by atoms with Crippen LogP contribution in [0.4, 0.5) is 10.5 Å². The topological polar surface area (TPSA) is 50.7 Å². The van der Waals surface area contributed by atoms with Gasteiger partial charge < -0.3 is 10.1 Å². The van der Waals surface area contributed by atoms with E-state index in [0.29, 0.717) is 5.69 Å². The van der Waals surface area contributed by atoms with Crippen molar-refractivity contribution in [1.29, 1.82) is 0 Å². The molecule has 4 rings (SSSR count). The minimum Gasteiger partial charge on any atom is -0.449 e. The molecule has 0 aromatic heterocycles. The maximum atomic E-state index is 12.2. The second-order valence-corrected chi connectivity index (χ2v) is 6.88. The largest absolute Gasteiger partial charge is 0.449 e. The van der Waals surface area contributed by atoms with Gasteiger partial charge in [-0.1, -0.05) is 72.5 Å². The van der Waals surface area contributed by atoms with E-state index >= 15 is 0 Å². The van der Waals surface area contributed by atoms with E-state index in [9.17, 15) is 4.79 Å². The number of alkyl carbamates (subject to hydrolysis) is 1. The highest BCUT2D eigenvalue weighted by Crippen LogP contribution is 2.44. The van der Waals surface area contributed by atoms with Crippen molar-refractivity contribution in [2.24, 2.45) is 4.99 Å². The van der Waals surface area contributed by atoms with Gasteiger partial charge in [0.25, 0.3) is 0 Å². The Balaban J connectivity index is 1.36. The number of nitrogens with zero attached hydrogens (tertiary/aromatic N) is 1. The average Bonchev–Trinajstić information content (AvgIpc) is 3.10. The third kappa shape index (κ3) is 4.16. The molecule has 0 saturated carbocycles. The van der Waals surface area contributed by atoms with Crippen LogP contribution in [-0.2, 0) is 4.74 Å². The first-order valence-corrected chi connectivity index (χ1v) is 9.93. The van der Waals surface area contributed by atoms with Crippen molar-refractivity contribution in [2.45, 2.75) is 5.92 Å². The van der Waals surface area contributed by atoms with Gasteiger partial charge >= 0.3 is 6.09 Å². The lowest BCUT2D eigenvalue weighted by atomic mass is 9.98. The SMILES string of the molecule is O=C(NCC#Cc1ccccc1N=C=S)OCC1c2ccccc2-c2ccccc21. The summed E-state index contributed by atoms with van der Waals surface area (Å²) < 4.78 is 5.49. The molecule has 3 aromatic rings. The summed E-state index contributed by atoms with van der Waals surface area (Å²) in [6.07, 6.45) is -0.489. The number of carbonyl (C=O) groups is 1. The molecular weight excluding hydrogens is 392 g/mol. The summed E-state index contributed by atoms with van der Waals surface area (Å²) in [5.41, 5.74) is 6.14. The van der Waals surface area contributed by atoms with Gasteiger partial charge in [0.05, 0.1) is 23.0 Å². The summed E-state index contributed by atoms with van der Waals surface area (Å²) in [7, 11) is 0. The van der Waals surface area contributed by atoms with Gasteiger partial charge in [-0.25, -0.2) is 4.79 Å². The molecule has 1 N–H and O–H groups in total. The molecule has 0 atom stereocenters. The molecule has 0 unspecified atom stereocenters. The summed E-state index contributed by atoms with van der Waals surface area (Å²) in [6, 6.07) is 23.8. The van der Waals surface area contributed by atoms with Crippen LogP contribution < -0.4 is 5.32 Å². The highest BCUT2D eigenvalue weighted by molar-refractivity contribution is 7.78. The van der Waals surface area contributed by atoms with E-state index in [1.54, 1.807) is 0 Å². The Kier molecular flexibility index (Phi) is 6.01. The zero-order chi connectivity index (χ0) is 20.8. The summed E-state index contributed by atoms with van der Waals surface area (Å²) >= 11 is 4.65. The lowest BCUT2D eigenvalue weighted by molar-refractivity contribution is 0.144. The molecule has 1 amide bonds. The predicted molar refractivity (Wildman–Crippen MR) is 121 cm³/mol. The second-order valence-electron chi connectivity index (χ2n) is 6.70. The molecule has 30 heavy (non-hydrogen) atoms. The Hall–Kier alpha value is -3.71. The van der Waals surface area contributed by atoms with E-state index in [4.69, 9.17) is 4.74 Å². The summed E-state index contributed by atoms with van der Waals surface area (Å²) in [4.78, 5) is 16.1. The number of benzene rings is 3. The molecule has 1 aliphatic carbocycles. The van der Waals surface area contributed by atoms with E-state index < -0.39 is 6.09 Å². The fourth-order valence-electron chi connectivity index (χ4n) is 3.63. The van der Waals surface area contributed by atoms with Crippen LogP contribution in [0.15, 0.2) is 77.8 Å². The number of rotatable bonds is 4. The van der Waals surface area contributed by atoms with Crippen LogP contribution in [0.2, 0.25) is 0 Å². The van der Waals surface area contributed by atoms with Gasteiger partial charge in [-0.2, -0.15) is 4.99 Å². The minimum absolute atomic E-state index is 0.0358. The molecule has 0 saturated heterocycles. The quantitative estimate of drug-likeness (QED) is 0.360. The van der Waals surface area contributed by atoms with Crippen molar-refractivity contribution >= 4 is 29.2 Å². The first kappa shape index (κ1) is 19.6. The van der Waals surface area contributed by atoms with Crippen LogP contribution in [0.1, 0.15) is 22.6 Å². The van der Waals surface area contributed by atoms with Gasteiger partial charge in [-0.05, 0) is 46.6 Å². The molecule has 0 aliphatic heterocycles. The summed E-state index contributed by atoms with van der Waals surface area (Å²) in [5.74, 6) is 5.92. The van der Waals surface area contributed by atoms with Crippen LogP contribution in [0, 0.1) is 11.8 Å². The number of ether oxygens (including phenoxy) is 1. The molecule has 0 fully saturated rings. The zero-order valence-corrected chi connectivity index (χ0v) is 16.9. The smallest absolute Gasteiger partial charge is 0.407 e. The molecule has 0 radical (unpaired) electrons. The molecule has 5 heteroatoms. The molecule has 4 nitrogen and oxygen atoms in total. The molecule has 0 spiro atoms. The number of carbonyl (C=O) groups excluding carboxylic acids is 1. The molecule has 146 valence electrons. The van der Waals surface area contributed by atoms with Crippen molar-refractivity contribution in [2.75, 3.05) is 13.2 Å². The molecule has 3 aromatic carbocycles. The molecular formula is C25H18N2O2S. The second kappa shape index (κ2) is 9.19. The average molecular weight is 410 g/mol. The van der Waals surface area contributed by atoms with Crippen LogP contribution in [0.25, 0.3) is 11.1 Å². The van der Waals surface area contributed by atoms with Gasteiger partial charge in [0.15, 0.2) is 0 Å². The highest BCUT2D eigenvalue weighted by Gasteiger charge is 2.28. The molecule has 1 aliphatic rings. The van der Waals surface area contributed by atoms with Crippen LogP contribution in [0.5, 0.6) is 0 Å². The van der Waals surface area contributed by atoms with Crippen molar-refractivity contribution < 1.29 is 9.53 Å². The third-order valence-electron chi connectivity index (χ3n) is 4.96. The lowest BCUT2D eigenvalue weighted by Gasteiger charge is -2.14. The number of amides is 1. The number of isothiocyanates is 1. The van der Waals surface area contributed by atoms with Gasteiger partial charge in [0.1, 0.15) is 6.61 Å². The van der Waals surface area contributed by atoms with Crippen LogP contribution >= 0.6 is 12.2 Å². The maximum absolute atomic E-state index is 12.2. The fraction of sp³-hybridized carbons (Fsp3) is 0.120. The van der Waals surface area contributed by atoms with Crippen molar-refractivity contribution in [3.05, 3.63) is 89.5 Å². The van der Waals surface area contributed by atoms with E-state index in [0.717, 1.165) is 5.56 Å². The normalized spacial score (nSPS) is 11.3. The minimum atomic E-state index is -0.489. The lowest BCUT2D eigenvalue weighted by Crippen LogP contribution is -2.26. The van der Waals surface area contributed by atoms with E-state index in [2.05, 4.69) is 63.8 Å². The first-order chi connectivity index (χ1) is 14.8. The van der Waals surface area contributed by atoms with E-state index in [1.165, 1.54) is 22.3 Å². The Labute approximate surface area is 180 Å². The summed E-state index contributed by atoms with van der Waals surface area (Å²) in [6.45, 7) is 0.450. The van der Waals surface area contributed by atoms with Crippen LogP contribution in [0.3, 0.4) is 0 Å². The number of thiocarbonyl (C=S) groups is 1. The van der Waals surface area contributed by atoms with E-state index in [1.807, 2.05) is 48.5 Å². The Morgan fingerprint density at radius 3 is 2.30 bits per heavy atom. The number of para-hydroxylation sites is 1. The van der Waals surface area contributed by atoms with Gasteiger partial charge in [-0.15, -0.1) is 0 Å². The van der Waals surface area contributed by atoms with Gasteiger partial charge in [0.2, 0.25) is 0 Å². The number of nitrogens with one attached hydrogen (secondary N) is 1. The fourth-order valence-corrected chi connectivity index (χ4v) is 3.73. The van der Waals surface area contributed by atoms with Crippen molar-refractivity contribution in [3.63, 3.8) is 0 Å². The standard InChI is InChI=1S/C25H18N2O2S/c28-25(26-15-7-9-18-8-1-6-14-24(18)27-17-30)29-16-23-21-12-4-2-10-19(21)20-11-3-5-13-22(20)23/h1-6,8,10-14,23H,15-16H2,(H,26,28). The third-order valence-corrected chi connectivity index (χ3v) is 5.05. The Morgan fingerprint density at radius 2 is 1.60 bits per heavy atom. The summed E-state index contributed by atoms with van der Waals surface area (Å²) in [5, 5.41) is 5.02. The van der Waals surface area contributed by atoms with Gasteiger partial charge in [0, 0.05) is 5.92 Å². The Bertz CT molecular complexity index is 1160. The predicted octanol–water partition coefficient (Wildman–Crippen LogP) is 5.31. The van der Waals surface area contributed by atoms with E-state index in [-0.39, 0.29) is 19.1 Å². The van der Waals surface area contributed by atoms with Crippen molar-refractivity contribution in [3.8, 4) is 23.0 Å². The maximum Gasteiger partial charge on any atom is 0.407 e. The van der Waals surface area contributed by atoms with Crippen LogP contribution in [-0.4, -0.2) is 24.4 Å². The number of hydrogen-bond acceptors (Lipinski definition) is 4. The number of aliphatic imine (C=N–C) groups is 1. The van der Waals surface area contributed by atoms with Gasteiger partial charge in [-0.3, -0.25) is 0 Å². The Morgan fingerprint density at radius 1 is 0.967 bits per heavy atom. The highest BCUT2D eigenvalue weighted by atomic mass is 32.1. The number of hydrogen-bond donors (Lipinski definition) is 1. The monoisotopic (exact) mass is 410 g/mol. The first-order valence-electron chi connectivity index (χ1n) is 9.52. The van der Waals surface area contributed by atoms with Crippen molar-refractivity contribution in [1.82, 2.24) is 5.32 Å². The zero-order valence-electron chi connectivity index (χ0n) is 16.1. The molecule has 0 bridgehead atoms. The molecule has 0 heterocycles.